The van der Waals surface area contributed by atoms with Crippen LogP contribution in [-0.4, -0.2) is 34.8 Å². The molecule has 1 amide bonds. The van der Waals surface area contributed by atoms with Gasteiger partial charge in [-0.15, -0.1) is 11.3 Å². The summed E-state index contributed by atoms with van der Waals surface area (Å²) in [6, 6.07) is 4.40. The zero-order valence-electron chi connectivity index (χ0n) is 22.2. The number of carbonyl (C=O) groups excluding carboxylic acids is 1. The van der Waals surface area contributed by atoms with E-state index in [0.29, 0.717) is 43.1 Å². The zero-order valence-corrected chi connectivity index (χ0v) is 23.9. The largest absolute Gasteiger partial charge is 0.455 e. The van der Waals surface area contributed by atoms with Crippen LogP contribution in [0.15, 0.2) is 29.2 Å². The molecule has 3 aromatic heterocycles. The van der Waals surface area contributed by atoms with Crippen molar-refractivity contribution in [2.75, 3.05) is 13.3 Å². The highest BCUT2D eigenvalue weighted by molar-refractivity contribution is 7.76. The average Bonchev–Trinajstić information content (AvgIpc) is 3.35. The minimum absolute atomic E-state index is 0.0748. The van der Waals surface area contributed by atoms with E-state index >= 15 is 0 Å². The maximum atomic E-state index is 14.0. The van der Waals surface area contributed by atoms with E-state index in [1.807, 2.05) is 20.8 Å². The molecule has 0 aliphatic rings. The smallest absolute Gasteiger partial charge is 0.274 e. The van der Waals surface area contributed by atoms with E-state index in [0.717, 1.165) is 5.56 Å². The highest BCUT2D eigenvalue weighted by Gasteiger charge is 2.28. The Balaban J connectivity index is 2.01. The summed E-state index contributed by atoms with van der Waals surface area (Å²) < 4.78 is 35.8. The lowest BCUT2D eigenvalue weighted by atomic mass is 10.1. The first kappa shape index (κ1) is 26.9. The Bertz CT molecular complexity index is 1640. The number of aryl methyl sites for hydroxylation is 3. The van der Waals surface area contributed by atoms with E-state index in [2.05, 4.69) is 10.3 Å². The third kappa shape index (κ3) is 5.03. The van der Waals surface area contributed by atoms with Crippen LogP contribution in [0.5, 0.6) is 11.5 Å². The van der Waals surface area contributed by atoms with E-state index in [9.17, 15) is 18.5 Å². The monoisotopic (exact) mass is 543 g/mol. The fraction of sp³-hybridized carbons (Fsp3) is 0.333. The number of ether oxygens (including phenoxy) is 1. The lowest BCUT2D eigenvalue weighted by Gasteiger charge is -2.15. The van der Waals surface area contributed by atoms with Gasteiger partial charge >= 0.3 is 0 Å². The number of hydrogen-bond acceptors (Lipinski definition) is 5. The van der Waals surface area contributed by atoms with Crippen molar-refractivity contribution in [3.63, 3.8) is 0 Å². The average molecular weight is 544 g/mol. The fourth-order valence-corrected chi connectivity index (χ4v) is 7.50. The molecule has 0 saturated carbocycles. The van der Waals surface area contributed by atoms with Gasteiger partial charge < -0.3 is 24.2 Å². The number of nitrogens with one attached hydrogen (secondary N) is 2. The summed E-state index contributed by atoms with van der Waals surface area (Å²) >= 11 is 1.35. The minimum Gasteiger partial charge on any atom is -0.455 e. The van der Waals surface area contributed by atoms with Crippen molar-refractivity contribution >= 4 is 39.9 Å². The molecule has 0 saturated heterocycles. The van der Waals surface area contributed by atoms with Gasteiger partial charge in [-0.25, -0.2) is 4.39 Å². The van der Waals surface area contributed by atoms with Crippen LogP contribution < -0.4 is 20.2 Å². The molecule has 0 aliphatic carbocycles. The Hall–Kier alpha value is -3.16. The summed E-state index contributed by atoms with van der Waals surface area (Å²) in [6.07, 6.45) is 1.70. The Morgan fingerprint density at radius 3 is 2.32 bits per heavy atom. The van der Waals surface area contributed by atoms with Gasteiger partial charge in [-0.3, -0.25) is 9.59 Å². The predicted molar refractivity (Wildman–Crippen MR) is 149 cm³/mol. The molecule has 4 rings (SSSR count). The van der Waals surface area contributed by atoms with Crippen LogP contribution in [0.25, 0.3) is 21.3 Å². The Labute approximate surface area is 219 Å². The number of benzene rings is 1. The molecule has 0 atom stereocenters. The Kier molecular flexibility index (Phi) is 6.99. The molecule has 2 N–H and O–H groups in total. The normalized spacial score (nSPS) is 11.9. The summed E-state index contributed by atoms with van der Waals surface area (Å²) in [5.41, 5.74) is 2.94. The van der Waals surface area contributed by atoms with Gasteiger partial charge in [-0.1, -0.05) is 0 Å². The molecule has 196 valence electrons. The quantitative estimate of drug-likeness (QED) is 0.299. The van der Waals surface area contributed by atoms with Crippen LogP contribution in [0, 0.1) is 26.6 Å². The standard InChI is InChI=1S/C27H31FN3O4PS/c1-13(2)29-25(32)20-11-18-19(12-31(6)26(33)21(18)30-20)24-23(16(5)27(37-24)36(7,8)34)35-22-14(3)9-17(28)10-15(22)4/h9-13,30H,1-8H3,(H,29,32). The van der Waals surface area contributed by atoms with Gasteiger partial charge in [-0.2, -0.15) is 0 Å². The molecule has 3 heterocycles. The number of rotatable bonds is 6. The van der Waals surface area contributed by atoms with Crippen LogP contribution in [0.1, 0.15) is 41.0 Å². The summed E-state index contributed by atoms with van der Waals surface area (Å²) in [4.78, 5) is 29.4. The summed E-state index contributed by atoms with van der Waals surface area (Å²) in [5.74, 6) is 0.347. The lowest BCUT2D eigenvalue weighted by Crippen LogP contribution is -2.30. The van der Waals surface area contributed by atoms with E-state index in [1.54, 1.807) is 46.5 Å². The van der Waals surface area contributed by atoms with E-state index < -0.39 is 7.14 Å². The van der Waals surface area contributed by atoms with Gasteiger partial charge in [-0.05, 0) is 77.3 Å². The highest BCUT2D eigenvalue weighted by Crippen LogP contribution is 2.50. The number of aromatic nitrogens is 2. The summed E-state index contributed by atoms with van der Waals surface area (Å²) in [5, 5.41) is 3.40. The summed E-state index contributed by atoms with van der Waals surface area (Å²) in [6.45, 7) is 12.5. The maximum absolute atomic E-state index is 14.0. The minimum atomic E-state index is -2.69. The molecular formula is C27H31FN3O4PS. The summed E-state index contributed by atoms with van der Waals surface area (Å²) in [7, 11) is -1.05. The van der Waals surface area contributed by atoms with Crippen molar-refractivity contribution < 1.29 is 18.5 Å². The molecule has 0 aliphatic heterocycles. The predicted octanol–water partition coefficient (Wildman–Crippen LogP) is 5.84. The van der Waals surface area contributed by atoms with Gasteiger partial charge in [0.25, 0.3) is 11.5 Å². The number of carbonyl (C=O) groups is 1. The van der Waals surface area contributed by atoms with Crippen molar-refractivity contribution in [3.8, 4) is 21.9 Å². The van der Waals surface area contributed by atoms with Crippen molar-refractivity contribution in [1.29, 1.82) is 0 Å². The molecule has 0 bridgehead atoms. The molecule has 0 spiro atoms. The zero-order chi connectivity index (χ0) is 27.4. The van der Waals surface area contributed by atoms with E-state index in [4.69, 9.17) is 4.74 Å². The third-order valence-electron chi connectivity index (χ3n) is 6.06. The SMILES string of the molecule is Cc1cc(F)cc(C)c1Oc1c(-c2cn(C)c(=O)c3[nH]c(C(=O)NC(C)C)cc23)sc(P(C)(C)=O)c1C. The third-order valence-corrected chi connectivity index (χ3v) is 10.1. The van der Waals surface area contributed by atoms with E-state index in [1.165, 1.54) is 28.0 Å². The van der Waals surface area contributed by atoms with Crippen LogP contribution in [0.2, 0.25) is 0 Å². The number of pyridine rings is 1. The molecule has 0 unspecified atom stereocenters. The van der Waals surface area contributed by atoms with Crippen molar-refractivity contribution in [2.45, 2.75) is 40.7 Å². The molecule has 0 radical (unpaired) electrons. The molecule has 0 fully saturated rings. The van der Waals surface area contributed by atoms with Crippen molar-refractivity contribution in [1.82, 2.24) is 14.9 Å². The number of hydrogen-bond donors (Lipinski definition) is 2. The molecule has 1 aromatic carbocycles. The van der Waals surface area contributed by atoms with Gasteiger partial charge in [0.2, 0.25) is 0 Å². The fourth-order valence-electron chi connectivity index (χ4n) is 4.44. The lowest BCUT2D eigenvalue weighted by molar-refractivity contribution is 0.0939. The second-order valence-electron chi connectivity index (χ2n) is 10.1. The van der Waals surface area contributed by atoms with Crippen molar-refractivity contribution in [2.24, 2.45) is 7.05 Å². The topological polar surface area (TPSA) is 93.2 Å². The number of amides is 1. The van der Waals surface area contributed by atoms with Gasteiger partial charge in [0.1, 0.15) is 35.7 Å². The first-order valence-electron chi connectivity index (χ1n) is 11.9. The molecule has 4 aromatic rings. The highest BCUT2D eigenvalue weighted by atomic mass is 32.1. The Morgan fingerprint density at radius 1 is 1.14 bits per heavy atom. The van der Waals surface area contributed by atoms with Crippen LogP contribution in [-0.2, 0) is 11.6 Å². The molecule has 10 heteroatoms. The number of halogens is 1. The number of aromatic amines is 1. The second kappa shape index (κ2) is 9.62. The van der Waals surface area contributed by atoms with Crippen LogP contribution in [0.3, 0.4) is 0 Å². The number of H-pyrrole nitrogens is 1. The first-order chi connectivity index (χ1) is 17.2. The molecule has 37 heavy (non-hydrogen) atoms. The first-order valence-corrected chi connectivity index (χ1v) is 15.3. The van der Waals surface area contributed by atoms with Crippen LogP contribution >= 0.6 is 18.5 Å². The van der Waals surface area contributed by atoms with E-state index in [-0.39, 0.29) is 34.5 Å². The van der Waals surface area contributed by atoms with Gasteiger partial charge in [0, 0.05) is 35.8 Å². The number of nitrogens with zero attached hydrogens (tertiary/aromatic N) is 1. The number of fused-ring (bicyclic) bond motifs is 1. The van der Waals surface area contributed by atoms with Gasteiger partial charge in [0.05, 0.1) is 9.50 Å². The Morgan fingerprint density at radius 2 is 1.76 bits per heavy atom. The maximum Gasteiger partial charge on any atom is 0.274 e. The number of thiophene rings is 1. The molecular weight excluding hydrogens is 512 g/mol. The van der Waals surface area contributed by atoms with Gasteiger partial charge in [0.15, 0.2) is 0 Å². The molecule has 7 nitrogen and oxygen atoms in total. The van der Waals surface area contributed by atoms with Crippen molar-refractivity contribution in [3.05, 3.63) is 63.0 Å². The van der Waals surface area contributed by atoms with Crippen LogP contribution in [0.4, 0.5) is 4.39 Å². The second-order valence-corrected chi connectivity index (χ2v) is 14.5.